The number of halogens is 4. The molecule has 0 radical (unpaired) electrons. The third-order valence-electron chi connectivity index (χ3n) is 18.6. The Kier molecular flexibility index (Phi) is 10.8. The first-order valence-corrected chi connectivity index (χ1v) is 28.5. The van der Waals surface area contributed by atoms with Crippen LogP contribution in [0.2, 0.25) is 0 Å². The molecule has 4 aromatic carbocycles. The highest BCUT2D eigenvalue weighted by atomic mass is 32.2. The molecule has 20 heteroatoms. The number of aromatic hydroxyl groups is 2. The van der Waals surface area contributed by atoms with Crippen molar-refractivity contribution in [3.05, 3.63) is 186 Å². The van der Waals surface area contributed by atoms with Crippen LogP contribution in [0.3, 0.4) is 0 Å². The van der Waals surface area contributed by atoms with Gasteiger partial charge in [0.05, 0.1) is 35.5 Å². The van der Waals surface area contributed by atoms with Crippen LogP contribution in [0.25, 0.3) is 0 Å². The largest absolute Gasteiger partial charge is 0.502 e. The Bertz CT molecular complexity index is 3500. The lowest BCUT2D eigenvalue weighted by Crippen LogP contribution is -2.70. The highest BCUT2D eigenvalue weighted by Gasteiger charge is 2.65. The number of pyridine rings is 2. The summed E-state index contributed by atoms with van der Waals surface area (Å²) in [6, 6.07) is 21.9. The van der Waals surface area contributed by atoms with E-state index >= 15 is 0 Å². The van der Waals surface area contributed by atoms with Crippen molar-refractivity contribution in [1.82, 2.24) is 19.2 Å². The molecule has 0 saturated carbocycles. The van der Waals surface area contributed by atoms with Crippen LogP contribution in [0.4, 0.5) is 17.6 Å². The number of hydrogen-bond donors (Lipinski definition) is 2. The van der Waals surface area contributed by atoms with Gasteiger partial charge in [-0.15, -0.1) is 23.5 Å². The fourth-order valence-corrected chi connectivity index (χ4v) is 17.4. The van der Waals surface area contributed by atoms with Crippen LogP contribution in [0, 0.1) is 35.1 Å². The number of carbonyl (C=O) groups is 2. The summed E-state index contributed by atoms with van der Waals surface area (Å²) in [6.07, 6.45) is 9.00. The number of piperidine rings is 2. The molecule has 2 N–H and O–H groups in total. The number of fused-ring (bicyclic) bond motifs is 12. The topological polar surface area (TPSA) is 150 Å². The number of ether oxygens (including phenoxy) is 2. The van der Waals surface area contributed by atoms with Gasteiger partial charge in [-0.25, -0.2) is 17.6 Å². The van der Waals surface area contributed by atoms with Gasteiger partial charge in [-0.2, -0.15) is 0 Å². The molecular formula is C58H50F4N6O8S2. The molecule has 16 rings (SSSR count). The lowest BCUT2D eigenvalue weighted by atomic mass is 9.71. The predicted octanol–water partition coefficient (Wildman–Crippen LogP) is 8.58. The van der Waals surface area contributed by atoms with E-state index in [2.05, 4.69) is 0 Å². The minimum Gasteiger partial charge on any atom is -0.502 e. The first kappa shape index (κ1) is 48.4. The van der Waals surface area contributed by atoms with Gasteiger partial charge in [0.25, 0.3) is 11.8 Å². The van der Waals surface area contributed by atoms with Gasteiger partial charge >= 0.3 is 0 Å². The zero-order valence-electron chi connectivity index (χ0n) is 41.7. The van der Waals surface area contributed by atoms with E-state index in [1.807, 2.05) is 58.5 Å². The van der Waals surface area contributed by atoms with Crippen LogP contribution in [-0.2, 0) is 21.0 Å². The van der Waals surface area contributed by atoms with Crippen LogP contribution in [0.1, 0.15) is 118 Å². The molecule has 2 spiro atoms. The fourth-order valence-electron chi connectivity index (χ4n) is 15.3. The van der Waals surface area contributed by atoms with Gasteiger partial charge in [0.15, 0.2) is 46.2 Å². The number of amides is 2. The third kappa shape index (κ3) is 6.84. The van der Waals surface area contributed by atoms with Gasteiger partial charge in [-0.1, -0.05) is 36.4 Å². The summed E-state index contributed by atoms with van der Waals surface area (Å²) in [4.78, 5) is 58.3. The van der Waals surface area contributed by atoms with Gasteiger partial charge in [0, 0.05) is 70.7 Å². The van der Waals surface area contributed by atoms with Gasteiger partial charge in [-0.05, 0) is 121 Å². The first-order valence-electron chi connectivity index (χ1n) is 26.6. The van der Waals surface area contributed by atoms with E-state index < -0.39 is 81.9 Å². The molecule has 14 nitrogen and oxygen atoms in total. The molecular weight excluding hydrogens is 1050 g/mol. The lowest BCUT2D eigenvalue weighted by molar-refractivity contribution is -0.0760. The molecule has 10 aliphatic heterocycles. The molecule has 0 unspecified atom stereocenters. The first-order chi connectivity index (χ1) is 37.7. The maximum Gasteiger partial charge on any atom is 0.278 e. The van der Waals surface area contributed by atoms with Crippen molar-refractivity contribution in [1.29, 1.82) is 0 Å². The van der Waals surface area contributed by atoms with Crippen LogP contribution >= 0.6 is 23.5 Å². The third-order valence-corrected chi connectivity index (χ3v) is 20.9. The summed E-state index contributed by atoms with van der Waals surface area (Å²) < 4.78 is 75.1. The van der Waals surface area contributed by atoms with E-state index in [1.165, 1.54) is 48.8 Å². The van der Waals surface area contributed by atoms with Crippen molar-refractivity contribution in [3.63, 3.8) is 0 Å². The molecule has 2 amide bonds. The average molecular weight is 1100 g/mol. The molecule has 6 fully saturated rings. The smallest absolute Gasteiger partial charge is 0.278 e. The molecule has 0 aliphatic carbocycles. The number of rotatable bonds is 2. The summed E-state index contributed by atoms with van der Waals surface area (Å²) in [5.41, 5.74) is 2.03. The van der Waals surface area contributed by atoms with E-state index in [0.29, 0.717) is 59.7 Å². The minimum absolute atomic E-state index is 0.0273. The number of thioether (sulfide) groups is 2. The quantitative estimate of drug-likeness (QED) is 0.160. The Morgan fingerprint density at radius 2 is 0.936 bits per heavy atom. The summed E-state index contributed by atoms with van der Waals surface area (Å²) >= 11 is 3.10. The van der Waals surface area contributed by atoms with Gasteiger partial charge in [0.1, 0.15) is 12.3 Å². The molecule has 4 bridgehead atoms. The lowest BCUT2D eigenvalue weighted by Gasteiger charge is -2.57. The predicted molar refractivity (Wildman–Crippen MR) is 278 cm³/mol. The van der Waals surface area contributed by atoms with Crippen molar-refractivity contribution in [2.45, 2.75) is 120 Å². The molecule has 10 atom stereocenters. The van der Waals surface area contributed by atoms with E-state index in [1.54, 1.807) is 42.7 Å². The number of benzene rings is 4. The summed E-state index contributed by atoms with van der Waals surface area (Å²) in [5, 5.41) is 25.8. The average Bonchev–Trinajstić information content (AvgIpc) is 3.87. The van der Waals surface area contributed by atoms with Crippen LogP contribution in [0.5, 0.6) is 11.5 Å². The SMILES string of the molecule is O=C1c2c(O)c(=O)ccn2N([C@@H]2c3cc(F)c(F)cc3CSc3ccccc32)[C@@H]2[C@H]3C[C@@H]4CC[C@@]3(CCN12)O4.O=C1c2c(O)c(=O)ccn2N([C@H]2c3cc(F)c(F)cc3CSc3ccccc32)[C@@H]2[C@H]3C[C@@H]4CC[C@@]3(CCN12)O4. The Morgan fingerprint density at radius 3 is 1.36 bits per heavy atom. The Balaban J connectivity index is 0.000000136. The molecule has 6 saturated heterocycles. The van der Waals surface area contributed by atoms with E-state index in [4.69, 9.17) is 9.47 Å². The summed E-state index contributed by atoms with van der Waals surface area (Å²) in [7, 11) is 0. The molecule has 400 valence electrons. The highest BCUT2D eigenvalue weighted by molar-refractivity contribution is 7.98. The van der Waals surface area contributed by atoms with Crippen molar-refractivity contribution >= 4 is 35.3 Å². The van der Waals surface area contributed by atoms with Crippen LogP contribution in [-0.4, -0.2) is 90.0 Å². The second kappa shape index (κ2) is 17.4. The number of hydrogen-bond acceptors (Lipinski definition) is 12. The zero-order chi connectivity index (χ0) is 53.3. The van der Waals surface area contributed by atoms with Crippen molar-refractivity contribution in [2.75, 3.05) is 23.1 Å². The second-order valence-electron chi connectivity index (χ2n) is 22.3. The maximum absolute atomic E-state index is 14.9. The summed E-state index contributed by atoms with van der Waals surface area (Å²) in [6.45, 7) is 0.805. The molecule has 78 heavy (non-hydrogen) atoms. The number of nitrogens with zero attached hydrogens (tertiary/aromatic N) is 6. The number of carbonyl (C=O) groups excluding carboxylic acids is 2. The second-order valence-corrected chi connectivity index (χ2v) is 24.3. The maximum atomic E-state index is 14.9. The van der Waals surface area contributed by atoms with Crippen molar-refractivity contribution in [3.8, 4) is 11.5 Å². The summed E-state index contributed by atoms with van der Waals surface area (Å²) in [5.74, 6) is -4.92. The monoisotopic (exact) mass is 1100 g/mol. The van der Waals surface area contributed by atoms with E-state index in [-0.39, 0.29) is 46.6 Å². The Hall–Kier alpha value is -6.74. The highest BCUT2D eigenvalue weighted by Crippen LogP contribution is 2.59. The molecule has 2 aromatic heterocycles. The van der Waals surface area contributed by atoms with Crippen molar-refractivity contribution in [2.24, 2.45) is 11.8 Å². The van der Waals surface area contributed by atoms with Gasteiger partial charge in [0.2, 0.25) is 10.9 Å². The Labute approximate surface area is 452 Å². The normalized spacial score (nSPS) is 30.3. The van der Waals surface area contributed by atoms with Crippen LogP contribution < -0.4 is 20.9 Å². The van der Waals surface area contributed by atoms with Gasteiger partial charge < -0.3 is 29.5 Å². The molecule has 10 aliphatic rings. The number of aromatic nitrogens is 2. The molecule has 12 heterocycles. The standard InChI is InChI=1S/2C29H25F2N3O4S/c2*30-20-11-15-14-39-23-4-2-1-3-17(23)24(18(15)13-21(20)31)34-27-19-12-16-5-7-29(19,38-16)8-10-32(27)28(37)25-26(36)22(35)6-9-33(25)34/h2*1-4,6,9,11,13,16,19,24,27,36H,5,7-8,10,12,14H2/t16-,19+,24+,27+,29-;16-,19+,24-,27+,29-/m00/s1. The minimum atomic E-state index is -0.945. The van der Waals surface area contributed by atoms with E-state index in [0.717, 1.165) is 59.4 Å². The van der Waals surface area contributed by atoms with Crippen molar-refractivity contribution < 1.29 is 46.8 Å². The van der Waals surface area contributed by atoms with Gasteiger partial charge in [-0.3, -0.25) is 38.5 Å². The molecule has 6 aromatic rings. The zero-order valence-corrected chi connectivity index (χ0v) is 43.3. The fraction of sp³-hybridized carbons (Fsp3) is 0.379. The van der Waals surface area contributed by atoms with E-state index in [9.17, 15) is 47.0 Å². The Morgan fingerprint density at radius 1 is 0.526 bits per heavy atom. The van der Waals surface area contributed by atoms with Crippen LogP contribution in [0.15, 0.2) is 117 Å².